The minimum Gasteiger partial charge on any atom is -0.361 e. The largest absolute Gasteiger partial charge is 0.361 e. The zero-order valence-corrected chi connectivity index (χ0v) is 11.8. The van der Waals surface area contributed by atoms with E-state index in [0.29, 0.717) is 12.1 Å². The molecule has 0 bridgehead atoms. The molecule has 3 heteroatoms. The number of nitrogens with zero attached hydrogens (tertiary/aromatic N) is 1. The third-order valence-electron chi connectivity index (χ3n) is 4.01. The maximum Gasteiger partial charge on any atom is 0.0456 e. The molecule has 3 nitrogen and oxygen atoms in total. The monoisotopic (exact) mass is 257 g/mol. The highest BCUT2D eigenvalue weighted by molar-refractivity contribution is 5.83. The zero-order chi connectivity index (χ0) is 13.2. The SMILES string of the molecule is CC1CN(CCc2c[nH]c3ccccc23)CC(C)N1. The van der Waals surface area contributed by atoms with Gasteiger partial charge in [0.05, 0.1) is 0 Å². The van der Waals surface area contributed by atoms with E-state index in [0.717, 1.165) is 26.1 Å². The highest BCUT2D eigenvalue weighted by atomic mass is 15.2. The third kappa shape index (κ3) is 2.82. The zero-order valence-electron chi connectivity index (χ0n) is 11.8. The van der Waals surface area contributed by atoms with Gasteiger partial charge in [0, 0.05) is 48.8 Å². The predicted octanol–water partition coefficient (Wildman–Crippen LogP) is 2.39. The van der Waals surface area contributed by atoms with Gasteiger partial charge in [-0.15, -0.1) is 0 Å². The van der Waals surface area contributed by atoms with Gasteiger partial charge in [-0.3, -0.25) is 4.90 Å². The second-order valence-electron chi connectivity index (χ2n) is 5.84. The lowest BCUT2D eigenvalue weighted by Crippen LogP contribution is -2.54. The van der Waals surface area contributed by atoms with Crippen LogP contribution in [0.15, 0.2) is 30.5 Å². The Bertz CT molecular complexity index is 536. The minimum atomic E-state index is 0.603. The lowest BCUT2D eigenvalue weighted by atomic mass is 10.1. The predicted molar refractivity (Wildman–Crippen MR) is 80.5 cm³/mol. The average Bonchev–Trinajstić information content (AvgIpc) is 2.78. The Hall–Kier alpha value is -1.32. The highest BCUT2D eigenvalue weighted by Crippen LogP contribution is 2.18. The number of aromatic nitrogens is 1. The molecule has 2 heterocycles. The summed E-state index contributed by atoms with van der Waals surface area (Å²) in [5.41, 5.74) is 2.69. The molecule has 2 aromatic rings. The van der Waals surface area contributed by atoms with E-state index in [1.165, 1.54) is 16.5 Å². The molecule has 1 saturated heterocycles. The summed E-state index contributed by atoms with van der Waals surface area (Å²) in [4.78, 5) is 5.94. The molecule has 0 aliphatic carbocycles. The van der Waals surface area contributed by atoms with Gasteiger partial charge in [0.15, 0.2) is 0 Å². The summed E-state index contributed by atoms with van der Waals surface area (Å²) in [7, 11) is 0. The van der Waals surface area contributed by atoms with Crippen LogP contribution in [-0.4, -0.2) is 41.6 Å². The van der Waals surface area contributed by atoms with Crippen LogP contribution in [0.25, 0.3) is 10.9 Å². The van der Waals surface area contributed by atoms with Gasteiger partial charge >= 0.3 is 0 Å². The van der Waals surface area contributed by atoms with Crippen LogP contribution in [0.4, 0.5) is 0 Å². The van der Waals surface area contributed by atoms with Gasteiger partial charge in [-0.1, -0.05) is 18.2 Å². The first-order valence-corrected chi connectivity index (χ1v) is 7.26. The van der Waals surface area contributed by atoms with Crippen molar-refractivity contribution in [2.75, 3.05) is 19.6 Å². The van der Waals surface area contributed by atoms with Crippen molar-refractivity contribution >= 4 is 10.9 Å². The second kappa shape index (κ2) is 5.35. The number of nitrogens with one attached hydrogen (secondary N) is 2. The van der Waals surface area contributed by atoms with Crippen molar-refractivity contribution in [1.29, 1.82) is 0 Å². The Morgan fingerprint density at radius 2 is 1.89 bits per heavy atom. The number of fused-ring (bicyclic) bond motifs is 1. The van der Waals surface area contributed by atoms with Gasteiger partial charge in [0.2, 0.25) is 0 Å². The van der Waals surface area contributed by atoms with Gasteiger partial charge in [-0.2, -0.15) is 0 Å². The first-order valence-electron chi connectivity index (χ1n) is 7.26. The van der Waals surface area contributed by atoms with Crippen molar-refractivity contribution in [3.8, 4) is 0 Å². The molecule has 1 aromatic heterocycles. The number of hydrogen-bond acceptors (Lipinski definition) is 2. The van der Waals surface area contributed by atoms with Gasteiger partial charge in [-0.25, -0.2) is 0 Å². The molecule has 1 aliphatic rings. The van der Waals surface area contributed by atoms with Gasteiger partial charge in [0.1, 0.15) is 0 Å². The first-order chi connectivity index (χ1) is 9.22. The Labute approximate surface area is 115 Å². The van der Waals surface area contributed by atoms with Crippen molar-refractivity contribution in [2.45, 2.75) is 32.4 Å². The first kappa shape index (κ1) is 12.7. The summed E-state index contributed by atoms with van der Waals surface area (Å²) in [5, 5.41) is 4.96. The average molecular weight is 257 g/mol. The Morgan fingerprint density at radius 1 is 1.16 bits per heavy atom. The molecular formula is C16H23N3. The van der Waals surface area contributed by atoms with E-state index in [2.05, 4.69) is 59.5 Å². The standard InChI is InChI=1S/C16H23N3/c1-12-10-19(11-13(2)18-12)8-7-14-9-17-16-6-4-3-5-15(14)16/h3-6,9,12-13,17-18H,7-8,10-11H2,1-2H3. The third-order valence-corrected chi connectivity index (χ3v) is 4.01. The van der Waals surface area contributed by atoms with Crippen LogP contribution in [0.2, 0.25) is 0 Å². The van der Waals surface area contributed by atoms with Gasteiger partial charge in [0.25, 0.3) is 0 Å². The maximum absolute atomic E-state index is 3.58. The topological polar surface area (TPSA) is 31.1 Å². The highest BCUT2D eigenvalue weighted by Gasteiger charge is 2.20. The van der Waals surface area contributed by atoms with Crippen LogP contribution in [0.5, 0.6) is 0 Å². The maximum atomic E-state index is 3.58. The quantitative estimate of drug-likeness (QED) is 0.884. The van der Waals surface area contributed by atoms with E-state index < -0.39 is 0 Å². The molecule has 19 heavy (non-hydrogen) atoms. The molecule has 1 aliphatic heterocycles. The summed E-state index contributed by atoms with van der Waals surface area (Å²) >= 11 is 0. The molecule has 2 atom stereocenters. The number of rotatable bonds is 3. The molecule has 0 saturated carbocycles. The number of para-hydroxylation sites is 1. The van der Waals surface area contributed by atoms with E-state index in [1.807, 2.05) is 0 Å². The number of piperazine rings is 1. The molecule has 0 amide bonds. The smallest absolute Gasteiger partial charge is 0.0456 e. The van der Waals surface area contributed by atoms with Crippen molar-refractivity contribution in [1.82, 2.24) is 15.2 Å². The van der Waals surface area contributed by atoms with E-state index in [4.69, 9.17) is 0 Å². The summed E-state index contributed by atoms with van der Waals surface area (Å²) in [6.45, 7) is 8.01. The normalized spacial score (nSPS) is 24.9. The Balaban J connectivity index is 1.66. The summed E-state index contributed by atoms with van der Waals surface area (Å²) < 4.78 is 0. The molecule has 0 spiro atoms. The summed E-state index contributed by atoms with van der Waals surface area (Å²) in [5.74, 6) is 0. The lowest BCUT2D eigenvalue weighted by molar-refractivity contribution is 0.175. The molecule has 0 radical (unpaired) electrons. The van der Waals surface area contributed by atoms with Crippen LogP contribution in [0, 0.1) is 0 Å². The summed E-state index contributed by atoms with van der Waals surface area (Å²) in [6.07, 6.45) is 3.29. The Morgan fingerprint density at radius 3 is 2.68 bits per heavy atom. The molecule has 102 valence electrons. The summed E-state index contributed by atoms with van der Waals surface area (Å²) in [6, 6.07) is 9.77. The molecule has 2 unspecified atom stereocenters. The fourth-order valence-corrected chi connectivity index (χ4v) is 3.24. The number of benzene rings is 1. The van der Waals surface area contributed by atoms with Crippen molar-refractivity contribution < 1.29 is 0 Å². The van der Waals surface area contributed by atoms with Crippen molar-refractivity contribution in [3.05, 3.63) is 36.0 Å². The number of H-pyrrole nitrogens is 1. The van der Waals surface area contributed by atoms with Crippen LogP contribution >= 0.6 is 0 Å². The molecular weight excluding hydrogens is 234 g/mol. The molecule has 1 fully saturated rings. The fourth-order valence-electron chi connectivity index (χ4n) is 3.24. The van der Waals surface area contributed by atoms with E-state index in [9.17, 15) is 0 Å². The molecule has 2 N–H and O–H groups in total. The van der Waals surface area contributed by atoms with Crippen molar-refractivity contribution in [2.24, 2.45) is 0 Å². The lowest BCUT2D eigenvalue weighted by Gasteiger charge is -2.36. The Kier molecular flexibility index (Phi) is 3.58. The van der Waals surface area contributed by atoms with Crippen LogP contribution < -0.4 is 5.32 Å². The van der Waals surface area contributed by atoms with Crippen LogP contribution in [0.1, 0.15) is 19.4 Å². The molecule has 3 rings (SSSR count). The van der Waals surface area contributed by atoms with E-state index in [-0.39, 0.29) is 0 Å². The second-order valence-corrected chi connectivity index (χ2v) is 5.84. The van der Waals surface area contributed by atoms with Crippen LogP contribution in [0.3, 0.4) is 0 Å². The van der Waals surface area contributed by atoms with Gasteiger partial charge in [-0.05, 0) is 31.9 Å². The minimum absolute atomic E-state index is 0.603. The number of aromatic amines is 1. The van der Waals surface area contributed by atoms with E-state index >= 15 is 0 Å². The fraction of sp³-hybridized carbons (Fsp3) is 0.500. The van der Waals surface area contributed by atoms with Crippen LogP contribution in [-0.2, 0) is 6.42 Å². The van der Waals surface area contributed by atoms with Crippen molar-refractivity contribution in [3.63, 3.8) is 0 Å². The number of hydrogen-bond donors (Lipinski definition) is 2. The van der Waals surface area contributed by atoms with E-state index in [1.54, 1.807) is 0 Å². The molecule has 1 aromatic carbocycles. The van der Waals surface area contributed by atoms with Gasteiger partial charge < -0.3 is 10.3 Å².